The van der Waals surface area contributed by atoms with E-state index in [1.807, 2.05) is 30.3 Å². The smallest absolute Gasteiger partial charge is 0.142 e. The molecule has 0 radical (unpaired) electrons. The Kier molecular flexibility index (Phi) is 3.17. The number of H-pyrrole nitrogens is 1. The SMILES string of the molecule is Nc1cnc(-c2cc(Cl)c3[nH]cnc3c2)c(-c2ccccn2)n1. The van der Waals surface area contributed by atoms with Gasteiger partial charge in [-0.3, -0.25) is 9.97 Å². The summed E-state index contributed by atoms with van der Waals surface area (Å²) in [7, 11) is 0. The zero-order valence-corrected chi connectivity index (χ0v) is 12.6. The van der Waals surface area contributed by atoms with E-state index in [4.69, 9.17) is 17.3 Å². The summed E-state index contributed by atoms with van der Waals surface area (Å²) in [5, 5.41) is 0.570. The number of anilines is 1. The number of pyridine rings is 1. The summed E-state index contributed by atoms with van der Waals surface area (Å²) in [4.78, 5) is 20.4. The molecule has 3 aromatic heterocycles. The summed E-state index contributed by atoms with van der Waals surface area (Å²) >= 11 is 6.32. The fraction of sp³-hybridized carbons (Fsp3) is 0. The number of fused-ring (bicyclic) bond motifs is 1. The number of hydrogen-bond donors (Lipinski definition) is 2. The van der Waals surface area contributed by atoms with E-state index in [0.29, 0.717) is 27.9 Å². The van der Waals surface area contributed by atoms with Gasteiger partial charge in [0.05, 0.1) is 40.0 Å². The van der Waals surface area contributed by atoms with Crippen molar-refractivity contribution in [3.63, 3.8) is 0 Å². The Labute approximate surface area is 136 Å². The van der Waals surface area contributed by atoms with Gasteiger partial charge in [0.2, 0.25) is 0 Å². The van der Waals surface area contributed by atoms with Crippen molar-refractivity contribution in [3.8, 4) is 22.6 Å². The van der Waals surface area contributed by atoms with Gasteiger partial charge in [-0.2, -0.15) is 0 Å². The monoisotopic (exact) mass is 322 g/mol. The van der Waals surface area contributed by atoms with Crippen LogP contribution in [0.2, 0.25) is 5.02 Å². The van der Waals surface area contributed by atoms with E-state index in [-0.39, 0.29) is 0 Å². The van der Waals surface area contributed by atoms with Crippen LogP contribution in [0.15, 0.2) is 49.1 Å². The second-order valence-corrected chi connectivity index (χ2v) is 5.37. The fourth-order valence-corrected chi connectivity index (χ4v) is 2.70. The summed E-state index contributed by atoms with van der Waals surface area (Å²) in [6.45, 7) is 0. The third-order valence-corrected chi connectivity index (χ3v) is 3.75. The van der Waals surface area contributed by atoms with Crippen LogP contribution in [0.5, 0.6) is 0 Å². The van der Waals surface area contributed by atoms with Gasteiger partial charge in [-0.05, 0) is 24.3 Å². The molecule has 3 heterocycles. The average Bonchev–Trinajstić information content (AvgIpc) is 3.05. The van der Waals surface area contributed by atoms with Crippen molar-refractivity contribution >= 4 is 28.5 Å². The molecule has 1 aromatic carbocycles. The lowest BCUT2D eigenvalue weighted by Gasteiger charge is -2.09. The maximum atomic E-state index is 6.32. The molecule has 7 heteroatoms. The van der Waals surface area contributed by atoms with Crippen molar-refractivity contribution < 1.29 is 0 Å². The van der Waals surface area contributed by atoms with Crippen LogP contribution in [0.25, 0.3) is 33.7 Å². The van der Waals surface area contributed by atoms with Crippen molar-refractivity contribution in [1.29, 1.82) is 0 Å². The Balaban J connectivity index is 1.97. The van der Waals surface area contributed by atoms with Gasteiger partial charge in [0.15, 0.2) is 0 Å². The predicted molar refractivity (Wildman–Crippen MR) is 89.8 cm³/mol. The molecule has 0 amide bonds. The maximum absolute atomic E-state index is 6.32. The van der Waals surface area contributed by atoms with Crippen LogP contribution in [-0.2, 0) is 0 Å². The van der Waals surface area contributed by atoms with E-state index in [0.717, 1.165) is 16.6 Å². The largest absolute Gasteiger partial charge is 0.382 e. The molecule has 3 N–H and O–H groups in total. The van der Waals surface area contributed by atoms with Gasteiger partial charge in [-0.25, -0.2) is 9.97 Å². The number of benzene rings is 1. The van der Waals surface area contributed by atoms with Gasteiger partial charge >= 0.3 is 0 Å². The number of nitrogen functional groups attached to an aromatic ring is 1. The van der Waals surface area contributed by atoms with Crippen molar-refractivity contribution in [2.75, 3.05) is 5.73 Å². The Bertz CT molecular complexity index is 996. The Morgan fingerprint density at radius 2 is 1.96 bits per heavy atom. The number of nitrogens with one attached hydrogen (secondary N) is 1. The van der Waals surface area contributed by atoms with Crippen LogP contribution in [0.4, 0.5) is 5.82 Å². The number of aromatic amines is 1. The highest BCUT2D eigenvalue weighted by atomic mass is 35.5. The first-order valence-corrected chi connectivity index (χ1v) is 7.27. The standard InChI is InChI=1S/C16H11ClN6/c17-10-5-9(6-12-15(10)22-8-21-12)14-16(23-13(18)7-20-14)11-3-1-2-4-19-11/h1-8H,(H2,18,23)(H,21,22). The molecule has 0 aliphatic carbocycles. The summed E-state index contributed by atoms with van der Waals surface area (Å²) in [6.07, 6.45) is 4.83. The van der Waals surface area contributed by atoms with E-state index in [9.17, 15) is 0 Å². The van der Waals surface area contributed by atoms with E-state index in [2.05, 4.69) is 24.9 Å². The lowest BCUT2D eigenvalue weighted by atomic mass is 10.1. The zero-order valence-electron chi connectivity index (χ0n) is 11.9. The number of imidazole rings is 1. The highest BCUT2D eigenvalue weighted by molar-refractivity contribution is 6.35. The van der Waals surface area contributed by atoms with E-state index < -0.39 is 0 Å². The highest BCUT2D eigenvalue weighted by Crippen LogP contribution is 2.32. The zero-order chi connectivity index (χ0) is 15.8. The molecule has 0 unspecified atom stereocenters. The third kappa shape index (κ3) is 2.39. The Morgan fingerprint density at radius 3 is 2.78 bits per heavy atom. The van der Waals surface area contributed by atoms with Crippen molar-refractivity contribution in [2.24, 2.45) is 0 Å². The molecule has 4 aromatic rings. The van der Waals surface area contributed by atoms with Crippen molar-refractivity contribution in [2.45, 2.75) is 0 Å². The van der Waals surface area contributed by atoms with E-state index >= 15 is 0 Å². The summed E-state index contributed by atoms with van der Waals surface area (Å²) < 4.78 is 0. The third-order valence-electron chi connectivity index (χ3n) is 3.45. The van der Waals surface area contributed by atoms with Gasteiger partial charge in [0.25, 0.3) is 0 Å². The van der Waals surface area contributed by atoms with Crippen molar-refractivity contribution in [1.82, 2.24) is 24.9 Å². The lowest BCUT2D eigenvalue weighted by Crippen LogP contribution is -1.99. The van der Waals surface area contributed by atoms with Crippen LogP contribution < -0.4 is 5.73 Å². The van der Waals surface area contributed by atoms with Crippen LogP contribution in [-0.4, -0.2) is 24.9 Å². The number of nitrogens with two attached hydrogens (primary N) is 1. The Hall–Kier alpha value is -2.99. The molecule has 0 atom stereocenters. The summed E-state index contributed by atoms with van der Waals surface area (Å²) in [5.41, 5.74) is 10.1. The van der Waals surface area contributed by atoms with Crippen LogP contribution in [0.1, 0.15) is 0 Å². The molecule has 6 nitrogen and oxygen atoms in total. The molecule has 0 spiro atoms. The number of aromatic nitrogens is 5. The average molecular weight is 323 g/mol. The minimum absolute atomic E-state index is 0.335. The fourth-order valence-electron chi connectivity index (χ4n) is 2.44. The Morgan fingerprint density at radius 1 is 1.04 bits per heavy atom. The van der Waals surface area contributed by atoms with Crippen LogP contribution in [0, 0.1) is 0 Å². The quantitative estimate of drug-likeness (QED) is 0.590. The first-order valence-electron chi connectivity index (χ1n) is 6.89. The van der Waals surface area contributed by atoms with Gasteiger partial charge < -0.3 is 10.7 Å². The molecule has 0 aliphatic heterocycles. The molecule has 0 saturated heterocycles. The number of halogens is 1. The molecule has 0 aliphatic rings. The van der Waals surface area contributed by atoms with E-state index in [1.165, 1.54) is 6.20 Å². The minimum Gasteiger partial charge on any atom is -0.382 e. The number of hydrogen-bond acceptors (Lipinski definition) is 5. The molecule has 0 bridgehead atoms. The van der Waals surface area contributed by atoms with Crippen molar-refractivity contribution in [3.05, 3.63) is 54.1 Å². The highest BCUT2D eigenvalue weighted by Gasteiger charge is 2.15. The van der Waals surface area contributed by atoms with Crippen LogP contribution in [0.3, 0.4) is 0 Å². The maximum Gasteiger partial charge on any atom is 0.142 e. The molecule has 112 valence electrons. The van der Waals surface area contributed by atoms with Gasteiger partial charge in [0, 0.05) is 11.8 Å². The van der Waals surface area contributed by atoms with Crippen LogP contribution >= 0.6 is 11.6 Å². The second kappa shape index (κ2) is 5.33. The van der Waals surface area contributed by atoms with Gasteiger partial charge in [-0.1, -0.05) is 17.7 Å². The molecular weight excluding hydrogens is 312 g/mol. The van der Waals surface area contributed by atoms with Gasteiger partial charge in [0.1, 0.15) is 11.5 Å². The number of nitrogens with zero attached hydrogens (tertiary/aromatic N) is 4. The minimum atomic E-state index is 0.335. The first-order chi connectivity index (χ1) is 11.2. The first kappa shape index (κ1) is 13.7. The number of rotatable bonds is 2. The normalized spacial score (nSPS) is 11.0. The van der Waals surface area contributed by atoms with Gasteiger partial charge in [-0.15, -0.1) is 0 Å². The summed E-state index contributed by atoms with van der Waals surface area (Å²) in [5.74, 6) is 0.335. The summed E-state index contributed by atoms with van der Waals surface area (Å²) in [6, 6.07) is 9.33. The lowest BCUT2D eigenvalue weighted by molar-refractivity contribution is 1.19. The topological polar surface area (TPSA) is 93.4 Å². The molecule has 0 saturated carbocycles. The molecule has 23 heavy (non-hydrogen) atoms. The second-order valence-electron chi connectivity index (χ2n) is 4.96. The van der Waals surface area contributed by atoms with E-state index in [1.54, 1.807) is 12.5 Å². The predicted octanol–water partition coefficient (Wildman–Crippen LogP) is 3.32. The molecular formula is C16H11ClN6. The molecule has 0 fully saturated rings. The molecule has 4 rings (SSSR count).